The van der Waals surface area contributed by atoms with Gasteiger partial charge in [0.2, 0.25) is 0 Å². The molecule has 0 aliphatic rings. The molecule has 84 valence electrons. The number of aromatic nitrogens is 1. The van der Waals surface area contributed by atoms with E-state index in [4.69, 9.17) is 10.5 Å². The van der Waals surface area contributed by atoms with Crippen LogP contribution in [0.25, 0.3) is 0 Å². The van der Waals surface area contributed by atoms with Crippen LogP contribution in [0.3, 0.4) is 0 Å². The van der Waals surface area contributed by atoms with Crippen molar-refractivity contribution < 1.29 is 4.74 Å². The van der Waals surface area contributed by atoms with Gasteiger partial charge in [-0.25, -0.2) is 0 Å². The lowest BCUT2D eigenvalue weighted by atomic mass is 10.4. The zero-order chi connectivity index (χ0) is 11.1. The molecule has 0 bridgehead atoms. The van der Waals surface area contributed by atoms with Gasteiger partial charge in [-0.15, -0.1) is 0 Å². The van der Waals surface area contributed by atoms with Crippen molar-refractivity contribution in [2.45, 2.75) is 26.3 Å². The van der Waals surface area contributed by atoms with Crippen LogP contribution in [0.2, 0.25) is 0 Å². The second-order valence-corrected chi connectivity index (χ2v) is 3.46. The van der Waals surface area contributed by atoms with Crippen LogP contribution in [-0.4, -0.2) is 17.8 Å². The van der Waals surface area contributed by atoms with Crippen molar-refractivity contribution in [1.29, 1.82) is 0 Å². The molecule has 0 saturated carbocycles. The highest BCUT2D eigenvalue weighted by Gasteiger charge is 1.96. The van der Waals surface area contributed by atoms with E-state index in [0.717, 1.165) is 19.4 Å². The van der Waals surface area contributed by atoms with Gasteiger partial charge in [0.15, 0.2) is 0 Å². The molecule has 0 spiro atoms. The predicted molar refractivity (Wildman–Crippen MR) is 60.8 cm³/mol. The lowest BCUT2D eigenvalue weighted by Crippen LogP contribution is -2.19. The van der Waals surface area contributed by atoms with E-state index in [1.165, 1.54) is 6.07 Å². The number of nitrogen functional groups attached to an aromatic ring is 1. The fourth-order valence-electron chi connectivity index (χ4n) is 1.31. The van der Waals surface area contributed by atoms with Crippen molar-refractivity contribution >= 4 is 5.69 Å². The molecular weight excluding hydrogens is 192 g/mol. The Morgan fingerprint density at radius 2 is 2.20 bits per heavy atom. The van der Waals surface area contributed by atoms with Crippen molar-refractivity contribution in [3.05, 3.63) is 28.7 Å². The van der Waals surface area contributed by atoms with Gasteiger partial charge >= 0.3 is 0 Å². The summed E-state index contributed by atoms with van der Waals surface area (Å²) >= 11 is 0. The molecule has 0 amide bonds. The Morgan fingerprint density at radius 3 is 2.93 bits per heavy atom. The van der Waals surface area contributed by atoms with E-state index in [9.17, 15) is 4.79 Å². The summed E-state index contributed by atoms with van der Waals surface area (Å²) in [7, 11) is 0. The maximum atomic E-state index is 11.4. The normalized spacial score (nSPS) is 10.5. The summed E-state index contributed by atoms with van der Waals surface area (Å²) < 4.78 is 6.94. The Bertz CT molecular complexity index is 347. The van der Waals surface area contributed by atoms with E-state index in [2.05, 4.69) is 6.92 Å². The molecule has 0 unspecified atom stereocenters. The highest BCUT2D eigenvalue weighted by molar-refractivity contribution is 5.33. The van der Waals surface area contributed by atoms with Crippen molar-refractivity contribution in [2.24, 2.45) is 0 Å². The molecule has 0 radical (unpaired) electrons. The van der Waals surface area contributed by atoms with Gasteiger partial charge in [0.05, 0.1) is 0 Å². The van der Waals surface area contributed by atoms with Crippen LogP contribution in [0.15, 0.2) is 23.1 Å². The molecule has 2 N–H and O–H groups in total. The molecule has 0 aromatic carbocycles. The summed E-state index contributed by atoms with van der Waals surface area (Å²) in [4.78, 5) is 11.4. The Morgan fingerprint density at radius 1 is 1.40 bits per heavy atom. The zero-order valence-electron chi connectivity index (χ0n) is 9.11. The molecule has 0 aliphatic heterocycles. The van der Waals surface area contributed by atoms with Gasteiger partial charge in [0.25, 0.3) is 5.56 Å². The third-order valence-electron chi connectivity index (χ3n) is 2.04. The van der Waals surface area contributed by atoms with E-state index in [0.29, 0.717) is 18.8 Å². The smallest absolute Gasteiger partial charge is 0.250 e. The fourth-order valence-corrected chi connectivity index (χ4v) is 1.31. The summed E-state index contributed by atoms with van der Waals surface area (Å²) in [5.41, 5.74) is 6.19. The quantitative estimate of drug-likeness (QED) is 0.719. The minimum Gasteiger partial charge on any atom is -0.398 e. The molecule has 1 aromatic heterocycles. The number of hydrogen-bond donors (Lipinski definition) is 1. The van der Waals surface area contributed by atoms with Crippen LogP contribution in [-0.2, 0) is 11.3 Å². The van der Waals surface area contributed by atoms with Crippen molar-refractivity contribution in [1.82, 2.24) is 4.57 Å². The van der Waals surface area contributed by atoms with Gasteiger partial charge in [-0.3, -0.25) is 4.79 Å². The Balaban J connectivity index is 2.37. The number of hydrogen-bond acceptors (Lipinski definition) is 3. The van der Waals surface area contributed by atoms with Crippen molar-refractivity contribution in [3.63, 3.8) is 0 Å². The summed E-state index contributed by atoms with van der Waals surface area (Å²) in [6.45, 7) is 4.21. The van der Waals surface area contributed by atoms with Crippen LogP contribution in [0.5, 0.6) is 0 Å². The average Bonchev–Trinajstić information content (AvgIpc) is 2.23. The van der Waals surface area contributed by atoms with Crippen LogP contribution < -0.4 is 11.3 Å². The minimum atomic E-state index is -0.0142. The zero-order valence-corrected chi connectivity index (χ0v) is 9.11. The first-order chi connectivity index (χ1) is 7.24. The largest absolute Gasteiger partial charge is 0.398 e. The third kappa shape index (κ3) is 4.16. The monoisotopic (exact) mass is 210 g/mol. The van der Waals surface area contributed by atoms with Crippen LogP contribution in [0, 0.1) is 0 Å². The topological polar surface area (TPSA) is 57.2 Å². The van der Waals surface area contributed by atoms with Gasteiger partial charge in [-0.1, -0.05) is 6.92 Å². The molecule has 1 heterocycles. The van der Waals surface area contributed by atoms with Gasteiger partial charge in [-0.2, -0.15) is 0 Å². The van der Waals surface area contributed by atoms with E-state index in [1.807, 2.05) is 0 Å². The lowest BCUT2D eigenvalue weighted by Gasteiger charge is -2.06. The van der Waals surface area contributed by atoms with Gasteiger partial charge in [-0.05, 0) is 18.9 Å². The Kier molecular flexibility index (Phi) is 4.90. The fraction of sp³-hybridized carbons (Fsp3) is 0.545. The number of pyridine rings is 1. The second kappa shape index (κ2) is 6.24. The number of nitrogens with zero attached hydrogens (tertiary/aromatic N) is 1. The maximum Gasteiger partial charge on any atom is 0.250 e. The number of aryl methyl sites for hydroxylation is 1. The molecule has 0 aliphatic carbocycles. The molecule has 0 atom stereocenters. The summed E-state index contributed by atoms with van der Waals surface area (Å²) in [5.74, 6) is 0. The molecule has 15 heavy (non-hydrogen) atoms. The first-order valence-corrected chi connectivity index (χ1v) is 5.27. The third-order valence-corrected chi connectivity index (χ3v) is 2.04. The molecule has 1 aromatic rings. The second-order valence-electron chi connectivity index (χ2n) is 3.46. The number of nitrogens with two attached hydrogens (primary N) is 1. The van der Waals surface area contributed by atoms with Gasteiger partial charge < -0.3 is 15.0 Å². The molecule has 0 fully saturated rings. The number of rotatable bonds is 6. The highest BCUT2D eigenvalue weighted by atomic mass is 16.5. The Hall–Kier alpha value is -1.29. The SMILES string of the molecule is CCCOCCCn1cc(N)ccc1=O. The molecule has 4 nitrogen and oxygen atoms in total. The summed E-state index contributed by atoms with van der Waals surface area (Å²) in [6.07, 6.45) is 3.53. The molecule has 4 heteroatoms. The van der Waals surface area contributed by atoms with Crippen LogP contribution in [0.1, 0.15) is 19.8 Å². The van der Waals surface area contributed by atoms with Crippen LogP contribution >= 0.6 is 0 Å². The molecule has 1 rings (SSSR count). The van der Waals surface area contributed by atoms with Crippen LogP contribution in [0.4, 0.5) is 5.69 Å². The van der Waals surface area contributed by atoms with E-state index < -0.39 is 0 Å². The average molecular weight is 210 g/mol. The molecule has 0 saturated heterocycles. The lowest BCUT2D eigenvalue weighted by molar-refractivity contribution is 0.129. The number of ether oxygens (including phenoxy) is 1. The van der Waals surface area contributed by atoms with E-state index >= 15 is 0 Å². The molecular formula is C11H18N2O2. The standard InChI is InChI=1S/C11H18N2O2/c1-2-7-15-8-3-6-13-9-10(12)4-5-11(13)14/h4-5,9H,2-3,6-8,12H2,1H3. The van der Waals surface area contributed by atoms with Gasteiger partial charge in [0.1, 0.15) is 0 Å². The number of anilines is 1. The van der Waals surface area contributed by atoms with E-state index in [-0.39, 0.29) is 5.56 Å². The summed E-state index contributed by atoms with van der Waals surface area (Å²) in [6, 6.07) is 3.11. The van der Waals surface area contributed by atoms with Gasteiger partial charge in [0, 0.05) is 37.7 Å². The minimum absolute atomic E-state index is 0.0142. The Labute approximate surface area is 89.7 Å². The highest BCUT2D eigenvalue weighted by Crippen LogP contribution is 1.97. The maximum absolute atomic E-state index is 11.4. The van der Waals surface area contributed by atoms with E-state index in [1.54, 1.807) is 16.8 Å². The summed E-state index contributed by atoms with van der Waals surface area (Å²) in [5, 5.41) is 0. The van der Waals surface area contributed by atoms with Crippen molar-refractivity contribution in [2.75, 3.05) is 18.9 Å². The first kappa shape index (κ1) is 11.8. The first-order valence-electron chi connectivity index (χ1n) is 5.27. The predicted octanol–water partition coefficient (Wildman–Crippen LogP) is 1.25. The van der Waals surface area contributed by atoms with Crippen molar-refractivity contribution in [3.8, 4) is 0 Å².